The SMILES string of the molecule is CCNC(Cc1ccc(Br)cc1Cl)C1CSCCS1. The van der Waals surface area contributed by atoms with Crippen LogP contribution in [0, 0.1) is 0 Å². The fraction of sp³-hybridized carbons (Fsp3) is 0.571. The first kappa shape index (κ1) is 16.0. The van der Waals surface area contributed by atoms with E-state index in [4.69, 9.17) is 11.6 Å². The number of benzene rings is 1. The monoisotopic (exact) mass is 379 g/mol. The van der Waals surface area contributed by atoms with Crippen molar-refractivity contribution in [1.82, 2.24) is 5.32 Å². The predicted octanol–water partition coefficient (Wildman–Crippen LogP) is 4.47. The summed E-state index contributed by atoms with van der Waals surface area (Å²) in [6.07, 6.45) is 1.01. The van der Waals surface area contributed by atoms with E-state index in [1.807, 2.05) is 6.07 Å². The lowest BCUT2D eigenvalue weighted by Crippen LogP contribution is -2.42. The Kier molecular flexibility index (Phi) is 6.90. The molecule has 2 rings (SSSR count). The molecule has 0 saturated carbocycles. The summed E-state index contributed by atoms with van der Waals surface area (Å²) in [4.78, 5) is 0. The van der Waals surface area contributed by atoms with Gasteiger partial charge in [0.25, 0.3) is 0 Å². The fourth-order valence-corrected chi connectivity index (χ4v) is 5.90. The van der Waals surface area contributed by atoms with Gasteiger partial charge in [-0.1, -0.05) is 40.5 Å². The summed E-state index contributed by atoms with van der Waals surface area (Å²) in [5.74, 6) is 3.81. The molecule has 1 aromatic rings. The van der Waals surface area contributed by atoms with E-state index in [1.165, 1.54) is 22.8 Å². The van der Waals surface area contributed by atoms with Crippen LogP contribution >= 0.6 is 51.1 Å². The van der Waals surface area contributed by atoms with E-state index in [0.717, 1.165) is 22.5 Å². The first-order valence-corrected chi connectivity index (χ1v) is 9.94. The van der Waals surface area contributed by atoms with Crippen LogP contribution in [0.15, 0.2) is 22.7 Å². The molecular weight excluding hydrogens is 362 g/mol. The summed E-state index contributed by atoms with van der Waals surface area (Å²) in [5, 5.41) is 5.20. The average Bonchev–Trinajstić information content (AvgIpc) is 2.42. The molecule has 1 heterocycles. The molecule has 1 aliphatic heterocycles. The maximum absolute atomic E-state index is 6.34. The van der Waals surface area contributed by atoms with Gasteiger partial charge in [0.1, 0.15) is 0 Å². The topological polar surface area (TPSA) is 12.0 Å². The lowest BCUT2D eigenvalue weighted by molar-refractivity contribution is 0.522. The zero-order chi connectivity index (χ0) is 13.7. The Hall–Kier alpha value is 0.650. The van der Waals surface area contributed by atoms with Crippen molar-refractivity contribution >= 4 is 51.1 Å². The number of hydrogen-bond acceptors (Lipinski definition) is 3. The molecule has 1 aliphatic rings. The Labute approximate surface area is 137 Å². The van der Waals surface area contributed by atoms with Crippen LogP contribution in [0.4, 0.5) is 0 Å². The smallest absolute Gasteiger partial charge is 0.0449 e. The maximum Gasteiger partial charge on any atom is 0.0449 e. The molecule has 1 aromatic carbocycles. The second-order valence-corrected chi connectivity index (χ2v) is 8.41. The third-order valence-corrected chi connectivity index (χ3v) is 6.98. The molecule has 1 N–H and O–H groups in total. The highest BCUT2D eigenvalue weighted by atomic mass is 79.9. The van der Waals surface area contributed by atoms with Gasteiger partial charge in [-0.2, -0.15) is 23.5 Å². The predicted molar refractivity (Wildman–Crippen MR) is 93.9 cm³/mol. The molecule has 5 heteroatoms. The molecule has 2 unspecified atom stereocenters. The van der Waals surface area contributed by atoms with Crippen molar-refractivity contribution in [3.05, 3.63) is 33.3 Å². The van der Waals surface area contributed by atoms with Gasteiger partial charge >= 0.3 is 0 Å². The molecule has 0 amide bonds. The van der Waals surface area contributed by atoms with Crippen molar-refractivity contribution in [3.8, 4) is 0 Å². The minimum absolute atomic E-state index is 0.515. The van der Waals surface area contributed by atoms with Crippen LogP contribution in [0.3, 0.4) is 0 Å². The molecular formula is C14H19BrClNS2. The van der Waals surface area contributed by atoms with Crippen LogP contribution in [0.2, 0.25) is 5.02 Å². The van der Waals surface area contributed by atoms with E-state index < -0.39 is 0 Å². The zero-order valence-corrected chi connectivity index (χ0v) is 15.0. The first-order valence-electron chi connectivity index (χ1n) is 6.57. The fourth-order valence-electron chi connectivity index (χ4n) is 2.26. The molecule has 0 spiro atoms. The Morgan fingerprint density at radius 3 is 2.95 bits per heavy atom. The van der Waals surface area contributed by atoms with Crippen molar-refractivity contribution in [3.63, 3.8) is 0 Å². The average molecular weight is 381 g/mol. The Balaban J connectivity index is 2.06. The van der Waals surface area contributed by atoms with E-state index in [1.54, 1.807) is 0 Å². The highest BCUT2D eigenvalue weighted by molar-refractivity contribution is 9.10. The van der Waals surface area contributed by atoms with Gasteiger partial charge in [-0.15, -0.1) is 0 Å². The number of thioether (sulfide) groups is 2. The third kappa shape index (κ3) is 4.85. The van der Waals surface area contributed by atoms with E-state index in [0.29, 0.717) is 11.3 Å². The number of likely N-dealkylation sites (N-methyl/N-ethyl adjacent to an activating group) is 1. The van der Waals surface area contributed by atoms with Crippen LogP contribution in [0.1, 0.15) is 12.5 Å². The van der Waals surface area contributed by atoms with Crippen molar-refractivity contribution in [2.75, 3.05) is 23.8 Å². The van der Waals surface area contributed by atoms with E-state index >= 15 is 0 Å². The molecule has 106 valence electrons. The quantitative estimate of drug-likeness (QED) is 0.809. The third-order valence-electron chi connectivity index (χ3n) is 3.21. The summed E-state index contributed by atoms with van der Waals surface area (Å²) < 4.78 is 1.05. The maximum atomic E-state index is 6.34. The minimum Gasteiger partial charge on any atom is -0.313 e. The van der Waals surface area contributed by atoms with Crippen molar-refractivity contribution < 1.29 is 0 Å². The molecule has 0 aliphatic carbocycles. The second kappa shape index (κ2) is 8.18. The van der Waals surface area contributed by atoms with Gasteiger partial charge in [-0.05, 0) is 30.7 Å². The number of nitrogens with one attached hydrogen (secondary N) is 1. The van der Waals surface area contributed by atoms with E-state index in [-0.39, 0.29) is 0 Å². The normalized spacial score (nSPS) is 21.3. The standard InChI is InChI=1S/C14H19BrClNS2/c1-2-17-13(14-9-18-5-6-19-14)7-10-3-4-11(15)8-12(10)16/h3-4,8,13-14,17H,2,5-7,9H2,1H3. The molecule has 19 heavy (non-hydrogen) atoms. The highest BCUT2D eigenvalue weighted by Crippen LogP contribution is 2.29. The first-order chi connectivity index (χ1) is 9.20. The number of hydrogen-bond donors (Lipinski definition) is 1. The van der Waals surface area contributed by atoms with Crippen LogP contribution in [0.25, 0.3) is 0 Å². The van der Waals surface area contributed by atoms with Crippen LogP contribution in [-0.2, 0) is 6.42 Å². The highest BCUT2D eigenvalue weighted by Gasteiger charge is 2.24. The summed E-state index contributed by atoms with van der Waals surface area (Å²) in [7, 11) is 0. The summed E-state index contributed by atoms with van der Waals surface area (Å²) in [5.41, 5.74) is 1.24. The Morgan fingerprint density at radius 2 is 2.32 bits per heavy atom. The molecule has 1 fully saturated rings. The number of halogens is 2. The van der Waals surface area contributed by atoms with Crippen LogP contribution in [-0.4, -0.2) is 35.1 Å². The van der Waals surface area contributed by atoms with Gasteiger partial charge in [-0.3, -0.25) is 0 Å². The molecule has 1 nitrogen and oxygen atoms in total. The zero-order valence-electron chi connectivity index (χ0n) is 11.0. The molecule has 0 bridgehead atoms. The molecule has 0 aromatic heterocycles. The second-order valence-electron chi connectivity index (χ2n) is 4.59. The molecule has 1 saturated heterocycles. The van der Waals surface area contributed by atoms with Gasteiger partial charge in [0.2, 0.25) is 0 Å². The summed E-state index contributed by atoms with van der Waals surface area (Å²) in [6.45, 7) is 3.19. The summed E-state index contributed by atoms with van der Waals surface area (Å²) >= 11 is 14.0. The van der Waals surface area contributed by atoms with Crippen LogP contribution < -0.4 is 5.32 Å². The van der Waals surface area contributed by atoms with Gasteiger partial charge in [0, 0.05) is 38.0 Å². The van der Waals surface area contributed by atoms with Gasteiger partial charge in [-0.25, -0.2) is 0 Å². The summed E-state index contributed by atoms with van der Waals surface area (Å²) in [6, 6.07) is 6.72. The Bertz CT molecular complexity index is 410. The van der Waals surface area contributed by atoms with E-state index in [9.17, 15) is 0 Å². The molecule has 2 atom stereocenters. The van der Waals surface area contributed by atoms with Gasteiger partial charge in [0.05, 0.1) is 0 Å². The lowest BCUT2D eigenvalue weighted by Gasteiger charge is -2.30. The van der Waals surface area contributed by atoms with Gasteiger partial charge < -0.3 is 5.32 Å². The Morgan fingerprint density at radius 1 is 1.47 bits per heavy atom. The number of rotatable bonds is 5. The largest absolute Gasteiger partial charge is 0.313 e. The van der Waals surface area contributed by atoms with Gasteiger partial charge in [0.15, 0.2) is 0 Å². The van der Waals surface area contributed by atoms with Crippen molar-refractivity contribution in [2.24, 2.45) is 0 Å². The lowest BCUT2D eigenvalue weighted by atomic mass is 10.0. The van der Waals surface area contributed by atoms with E-state index in [2.05, 4.69) is 63.8 Å². The van der Waals surface area contributed by atoms with Crippen molar-refractivity contribution in [2.45, 2.75) is 24.6 Å². The van der Waals surface area contributed by atoms with Crippen LogP contribution in [0.5, 0.6) is 0 Å². The van der Waals surface area contributed by atoms with Crippen molar-refractivity contribution in [1.29, 1.82) is 0 Å². The minimum atomic E-state index is 0.515. The molecule has 0 radical (unpaired) electrons.